The van der Waals surface area contributed by atoms with E-state index in [0.29, 0.717) is 6.61 Å². The molecule has 0 radical (unpaired) electrons. The number of hydrogen-bond acceptors (Lipinski definition) is 4. The second-order valence-corrected chi connectivity index (χ2v) is 4.02. The Morgan fingerprint density at radius 1 is 1.12 bits per heavy atom. The molecule has 0 bridgehead atoms. The minimum Gasteiger partial charge on any atom is -0.379 e. The normalized spacial score (nSPS) is 17.6. The molecule has 0 aliphatic carbocycles. The summed E-state index contributed by atoms with van der Waals surface area (Å²) in [6.45, 7) is 5.20. The zero-order valence-electron chi connectivity index (χ0n) is 9.39. The van der Waals surface area contributed by atoms with Gasteiger partial charge in [0.2, 0.25) is 0 Å². The molecule has 0 atom stereocenters. The maximum atomic E-state index is 5.32. The molecular formula is C12H18N2O2. The third kappa shape index (κ3) is 3.28. The van der Waals surface area contributed by atoms with E-state index in [-0.39, 0.29) is 0 Å². The van der Waals surface area contributed by atoms with Gasteiger partial charge in [-0.1, -0.05) is 24.3 Å². The van der Waals surface area contributed by atoms with Crippen LogP contribution < -0.4 is 5.90 Å². The van der Waals surface area contributed by atoms with E-state index < -0.39 is 0 Å². The van der Waals surface area contributed by atoms with Crippen LogP contribution in [0.3, 0.4) is 0 Å². The molecule has 0 aromatic heterocycles. The number of rotatable bonds is 4. The molecule has 1 aromatic rings. The number of ether oxygens (including phenoxy) is 1. The van der Waals surface area contributed by atoms with E-state index in [9.17, 15) is 0 Å². The van der Waals surface area contributed by atoms with Crippen molar-refractivity contribution in [2.45, 2.75) is 13.2 Å². The molecule has 1 saturated heterocycles. The Hall–Kier alpha value is -0.940. The lowest BCUT2D eigenvalue weighted by molar-refractivity contribution is 0.0342. The Morgan fingerprint density at radius 2 is 1.75 bits per heavy atom. The summed E-state index contributed by atoms with van der Waals surface area (Å²) >= 11 is 0. The van der Waals surface area contributed by atoms with Crippen molar-refractivity contribution in [2.24, 2.45) is 5.90 Å². The van der Waals surface area contributed by atoms with Crippen LogP contribution in [0, 0.1) is 0 Å². The zero-order chi connectivity index (χ0) is 11.2. The topological polar surface area (TPSA) is 47.7 Å². The van der Waals surface area contributed by atoms with Gasteiger partial charge in [0.15, 0.2) is 0 Å². The summed E-state index contributed by atoms with van der Waals surface area (Å²) in [7, 11) is 0. The van der Waals surface area contributed by atoms with Crippen molar-refractivity contribution in [1.82, 2.24) is 4.90 Å². The minimum absolute atomic E-state index is 0.470. The molecule has 0 saturated carbocycles. The van der Waals surface area contributed by atoms with Gasteiger partial charge in [-0.2, -0.15) is 0 Å². The average Bonchev–Trinajstić information content (AvgIpc) is 2.33. The summed E-state index contributed by atoms with van der Waals surface area (Å²) in [6.07, 6.45) is 0. The first-order valence-corrected chi connectivity index (χ1v) is 5.58. The Balaban J connectivity index is 1.88. The van der Waals surface area contributed by atoms with E-state index in [1.807, 2.05) is 0 Å². The summed E-state index contributed by atoms with van der Waals surface area (Å²) in [4.78, 5) is 6.99. The molecule has 1 fully saturated rings. The number of nitrogens with zero attached hydrogens (tertiary/aromatic N) is 1. The average molecular weight is 222 g/mol. The van der Waals surface area contributed by atoms with E-state index in [1.54, 1.807) is 0 Å². The van der Waals surface area contributed by atoms with Crippen LogP contribution in [0.25, 0.3) is 0 Å². The van der Waals surface area contributed by atoms with Crippen LogP contribution in [-0.4, -0.2) is 31.2 Å². The first-order chi connectivity index (χ1) is 7.88. The van der Waals surface area contributed by atoms with Gasteiger partial charge in [-0.25, -0.2) is 5.90 Å². The fraction of sp³-hybridized carbons (Fsp3) is 0.500. The second kappa shape index (κ2) is 5.96. The first-order valence-electron chi connectivity index (χ1n) is 5.58. The maximum Gasteiger partial charge on any atom is 0.0930 e. The zero-order valence-corrected chi connectivity index (χ0v) is 9.39. The van der Waals surface area contributed by atoms with Crippen molar-refractivity contribution in [3.8, 4) is 0 Å². The van der Waals surface area contributed by atoms with Crippen LogP contribution in [0.5, 0.6) is 0 Å². The van der Waals surface area contributed by atoms with Gasteiger partial charge < -0.3 is 4.74 Å². The molecule has 1 aliphatic heterocycles. The molecule has 88 valence electrons. The highest BCUT2D eigenvalue weighted by Crippen LogP contribution is 2.09. The van der Waals surface area contributed by atoms with Gasteiger partial charge in [0, 0.05) is 19.6 Å². The SMILES string of the molecule is NOCc1ccc(CN2CCOCC2)cc1. The predicted octanol–water partition coefficient (Wildman–Crippen LogP) is 0.909. The molecule has 0 amide bonds. The summed E-state index contributed by atoms with van der Waals surface area (Å²) < 4.78 is 5.32. The van der Waals surface area contributed by atoms with E-state index >= 15 is 0 Å². The van der Waals surface area contributed by atoms with Gasteiger partial charge in [0.25, 0.3) is 0 Å². The van der Waals surface area contributed by atoms with Gasteiger partial charge in [-0.3, -0.25) is 9.74 Å². The van der Waals surface area contributed by atoms with Crippen LogP contribution in [0.1, 0.15) is 11.1 Å². The van der Waals surface area contributed by atoms with Gasteiger partial charge in [0.05, 0.1) is 19.8 Å². The fourth-order valence-electron chi connectivity index (χ4n) is 1.85. The highest BCUT2D eigenvalue weighted by Gasteiger charge is 2.10. The van der Waals surface area contributed by atoms with Crippen LogP contribution in [-0.2, 0) is 22.7 Å². The third-order valence-electron chi connectivity index (χ3n) is 2.78. The van der Waals surface area contributed by atoms with Crippen LogP contribution in [0.4, 0.5) is 0 Å². The molecule has 1 heterocycles. The smallest absolute Gasteiger partial charge is 0.0930 e. The van der Waals surface area contributed by atoms with Crippen LogP contribution >= 0.6 is 0 Å². The molecular weight excluding hydrogens is 204 g/mol. The summed E-state index contributed by atoms with van der Waals surface area (Å²) in [5.74, 6) is 5.03. The molecule has 1 aliphatic rings. The van der Waals surface area contributed by atoms with Crippen molar-refractivity contribution >= 4 is 0 Å². The number of nitrogens with two attached hydrogens (primary N) is 1. The monoisotopic (exact) mass is 222 g/mol. The Labute approximate surface area is 95.9 Å². The van der Waals surface area contributed by atoms with E-state index in [2.05, 4.69) is 34.0 Å². The Bertz CT molecular complexity index is 307. The third-order valence-corrected chi connectivity index (χ3v) is 2.78. The van der Waals surface area contributed by atoms with Crippen LogP contribution in [0.15, 0.2) is 24.3 Å². The largest absolute Gasteiger partial charge is 0.379 e. The van der Waals surface area contributed by atoms with Crippen molar-refractivity contribution in [1.29, 1.82) is 0 Å². The lowest BCUT2D eigenvalue weighted by Gasteiger charge is -2.26. The molecule has 4 heteroatoms. The highest BCUT2D eigenvalue weighted by molar-refractivity contribution is 5.22. The standard InChI is InChI=1S/C12H18N2O2/c13-16-10-12-3-1-11(2-4-12)9-14-5-7-15-8-6-14/h1-4H,5-10,13H2. The van der Waals surface area contributed by atoms with Gasteiger partial charge in [0.1, 0.15) is 0 Å². The van der Waals surface area contributed by atoms with Crippen molar-refractivity contribution in [3.05, 3.63) is 35.4 Å². The van der Waals surface area contributed by atoms with Crippen molar-refractivity contribution in [3.63, 3.8) is 0 Å². The van der Waals surface area contributed by atoms with E-state index in [4.69, 9.17) is 10.6 Å². The van der Waals surface area contributed by atoms with E-state index in [1.165, 1.54) is 5.56 Å². The van der Waals surface area contributed by atoms with Gasteiger partial charge in [-0.05, 0) is 11.1 Å². The molecule has 2 N–H and O–H groups in total. The second-order valence-electron chi connectivity index (χ2n) is 4.02. The summed E-state index contributed by atoms with van der Waals surface area (Å²) in [5.41, 5.74) is 2.43. The van der Waals surface area contributed by atoms with Crippen LogP contribution in [0.2, 0.25) is 0 Å². The van der Waals surface area contributed by atoms with Crippen molar-refractivity contribution < 1.29 is 9.57 Å². The molecule has 1 aromatic carbocycles. The number of benzene rings is 1. The van der Waals surface area contributed by atoms with Gasteiger partial charge in [-0.15, -0.1) is 0 Å². The summed E-state index contributed by atoms with van der Waals surface area (Å²) in [6, 6.07) is 8.37. The first kappa shape index (κ1) is 11.5. The fourth-order valence-corrected chi connectivity index (χ4v) is 1.85. The molecule has 4 nitrogen and oxygen atoms in total. The molecule has 0 unspecified atom stereocenters. The minimum atomic E-state index is 0.470. The predicted molar refractivity (Wildman–Crippen MR) is 61.5 cm³/mol. The Kier molecular flexibility index (Phi) is 4.30. The number of hydrogen-bond donors (Lipinski definition) is 1. The lowest BCUT2D eigenvalue weighted by atomic mass is 10.1. The van der Waals surface area contributed by atoms with E-state index in [0.717, 1.165) is 38.4 Å². The highest BCUT2D eigenvalue weighted by atomic mass is 16.6. The maximum absolute atomic E-state index is 5.32. The lowest BCUT2D eigenvalue weighted by Crippen LogP contribution is -2.35. The molecule has 0 spiro atoms. The quantitative estimate of drug-likeness (QED) is 0.769. The molecule has 16 heavy (non-hydrogen) atoms. The number of morpholine rings is 1. The van der Waals surface area contributed by atoms with Crippen molar-refractivity contribution in [2.75, 3.05) is 26.3 Å². The van der Waals surface area contributed by atoms with Gasteiger partial charge >= 0.3 is 0 Å². The summed E-state index contributed by atoms with van der Waals surface area (Å²) in [5, 5.41) is 0. The Morgan fingerprint density at radius 3 is 2.38 bits per heavy atom. The molecule has 2 rings (SSSR count).